The largest absolute Gasteiger partial charge is 0.228 e. The second-order valence-corrected chi connectivity index (χ2v) is 6.52. The van der Waals surface area contributed by atoms with Crippen LogP contribution >= 0.6 is 15.9 Å². The van der Waals surface area contributed by atoms with Crippen molar-refractivity contribution in [3.63, 3.8) is 0 Å². The molecule has 0 bridgehead atoms. The van der Waals surface area contributed by atoms with E-state index in [1.54, 1.807) is 0 Å². The van der Waals surface area contributed by atoms with E-state index >= 15 is 0 Å². The summed E-state index contributed by atoms with van der Waals surface area (Å²) >= 11 is 3.12. The van der Waals surface area contributed by atoms with Crippen LogP contribution in [0.3, 0.4) is 0 Å². The van der Waals surface area contributed by atoms with Gasteiger partial charge in [0.15, 0.2) is 9.84 Å². The first-order valence-corrected chi connectivity index (χ1v) is 5.03. The predicted octanol–water partition coefficient (Wildman–Crippen LogP) is 0.916. The number of hydrogen-bond acceptors (Lipinski definition) is 2. The molecule has 1 fully saturated rings. The molecule has 0 aromatic carbocycles. The molecule has 4 heteroatoms. The summed E-state index contributed by atoms with van der Waals surface area (Å²) in [5.74, 6) is 0. The maximum atomic E-state index is 10.7. The molecule has 0 spiro atoms. The van der Waals surface area contributed by atoms with Gasteiger partial charge >= 0.3 is 0 Å². The summed E-state index contributed by atoms with van der Waals surface area (Å²) in [6.07, 6.45) is 2.80. The fourth-order valence-electron chi connectivity index (χ4n) is 0.469. The summed E-state index contributed by atoms with van der Waals surface area (Å²) in [5, 5.41) is 0. The molecule has 1 aliphatic carbocycles. The number of sulfone groups is 1. The Kier molecular flexibility index (Phi) is 1.21. The molecule has 48 valence electrons. The first-order valence-electron chi connectivity index (χ1n) is 2.34. The molecule has 0 heterocycles. The van der Waals surface area contributed by atoms with E-state index in [0.29, 0.717) is 0 Å². The Labute approximate surface area is 57.3 Å². The van der Waals surface area contributed by atoms with Gasteiger partial charge in [-0.1, -0.05) is 15.9 Å². The molecule has 1 rings (SSSR count). The van der Waals surface area contributed by atoms with Crippen molar-refractivity contribution in [1.82, 2.24) is 0 Å². The Balaban J connectivity index is 2.90. The van der Waals surface area contributed by atoms with E-state index in [1.807, 2.05) is 0 Å². The Bertz CT molecular complexity index is 190. The molecular formula is C4H7BrO2S. The first-order chi connectivity index (χ1) is 3.46. The monoisotopic (exact) mass is 198 g/mol. The maximum Gasteiger partial charge on any atom is 0.163 e. The number of alkyl halides is 1. The van der Waals surface area contributed by atoms with Gasteiger partial charge in [0.05, 0.1) is 0 Å². The molecule has 1 aliphatic rings. The molecule has 1 saturated carbocycles. The zero-order chi connectivity index (χ0) is 6.41. The smallest absolute Gasteiger partial charge is 0.163 e. The van der Waals surface area contributed by atoms with E-state index in [-0.39, 0.29) is 0 Å². The lowest BCUT2D eigenvalue weighted by molar-refractivity contribution is 0.598. The van der Waals surface area contributed by atoms with Gasteiger partial charge in [0.1, 0.15) is 3.66 Å². The van der Waals surface area contributed by atoms with Crippen LogP contribution in [0.4, 0.5) is 0 Å². The molecular weight excluding hydrogens is 192 g/mol. The quantitative estimate of drug-likeness (QED) is 0.588. The second kappa shape index (κ2) is 1.48. The third-order valence-corrected chi connectivity index (χ3v) is 5.60. The van der Waals surface area contributed by atoms with Crippen molar-refractivity contribution in [1.29, 1.82) is 0 Å². The van der Waals surface area contributed by atoms with Crippen molar-refractivity contribution in [3.8, 4) is 0 Å². The highest BCUT2D eigenvalue weighted by Crippen LogP contribution is 2.48. The predicted molar refractivity (Wildman–Crippen MR) is 35.7 cm³/mol. The van der Waals surface area contributed by atoms with Gasteiger partial charge in [0, 0.05) is 6.26 Å². The summed E-state index contributed by atoms with van der Waals surface area (Å²) in [7, 11) is -2.81. The van der Waals surface area contributed by atoms with Gasteiger partial charge in [-0.2, -0.15) is 0 Å². The van der Waals surface area contributed by atoms with Crippen LogP contribution in [0, 0.1) is 0 Å². The van der Waals surface area contributed by atoms with E-state index in [9.17, 15) is 8.42 Å². The Morgan fingerprint density at radius 3 is 1.88 bits per heavy atom. The van der Waals surface area contributed by atoms with Crippen molar-refractivity contribution in [3.05, 3.63) is 0 Å². The van der Waals surface area contributed by atoms with Crippen LogP contribution in [0.5, 0.6) is 0 Å². The van der Waals surface area contributed by atoms with E-state index < -0.39 is 13.5 Å². The van der Waals surface area contributed by atoms with E-state index in [2.05, 4.69) is 15.9 Å². The molecule has 0 aromatic rings. The van der Waals surface area contributed by atoms with E-state index in [0.717, 1.165) is 12.8 Å². The van der Waals surface area contributed by atoms with Crippen LogP contribution in [0.1, 0.15) is 12.8 Å². The minimum absolute atomic E-state index is 0.528. The molecule has 0 radical (unpaired) electrons. The van der Waals surface area contributed by atoms with Gasteiger partial charge in [0.2, 0.25) is 0 Å². The lowest BCUT2D eigenvalue weighted by Gasteiger charge is -1.99. The van der Waals surface area contributed by atoms with E-state index in [1.165, 1.54) is 6.26 Å². The van der Waals surface area contributed by atoms with E-state index in [4.69, 9.17) is 0 Å². The summed E-state index contributed by atoms with van der Waals surface area (Å²) in [6, 6.07) is 0. The second-order valence-electron chi connectivity index (χ2n) is 2.16. The highest BCUT2D eigenvalue weighted by molar-refractivity contribution is 9.11. The minimum Gasteiger partial charge on any atom is -0.228 e. The minimum atomic E-state index is -2.81. The number of rotatable bonds is 1. The third kappa shape index (κ3) is 0.910. The van der Waals surface area contributed by atoms with Crippen LogP contribution in [-0.2, 0) is 9.84 Å². The van der Waals surface area contributed by atoms with Gasteiger partial charge in [0.25, 0.3) is 0 Å². The van der Waals surface area contributed by atoms with Gasteiger partial charge < -0.3 is 0 Å². The van der Waals surface area contributed by atoms with Gasteiger partial charge in [-0.05, 0) is 12.8 Å². The first kappa shape index (κ1) is 6.55. The average molecular weight is 199 g/mol. The summed E-state index contributed by atoms with van der Waals surface area (Å²) < 4.78 is 20.8. The maximum absolute atomic E-state index is 10.7. The molecule has 2 nitrogen and oxygen atoms in total. The fourth-order valence-corrected chi connectivity index (χ4v) is 1.51. The topological polar surface area (TPSA) is 34.1 Å². The molecule has 0 atom stereocenters. The molecule has 0 amide bonds. The Hall–Kier alpha value is 0.430. The fraction of sp³-hybridized carbons (Fsp3) is 1.00. The standard InChI is InChI=1S/C4H7BrO2S/c1-8(6,7)4(5)2-3-4/h2-3H2,1H3. The average Bonchev–Trinajstić information content (AvgIpc) is 2.16. The molecule has 8 heavy (non-hydrogen) atoms. The summed E-state index contributed by atoms with van der Waals surface area (Å²) in [6.45, 7) is 0. The van der Waals surface area contributed by atoms with Gasteiger partial charge in [-0.25, -0.2) is 8.42 Å². The lowest BCUT2D eigenvalue weighted by atomic mass is 11.0. The summed E-state index contributed by atoms with van der Waals surface area (Å²) in [4.78, 5) is 0. The summed E-state index contributed by atoms with van der Waals surface area (Å²) in [5.41, 5.74) is 0. The van der Waals surface area contributed by atoms with Crippen molar-refractivity contribution in [2.45, 2.75) is 16.5 Å². The van der Waals surface area contributed by atoms with Crippen LogP contribution in [0.2, 0.25) is 0 Å². The highest BCUT2D eigenvalue weighted by Gasteiger charge is 2.49. The molecule has 0 aliphatic heterocycles. The van der Waals surface area contributed by atoms with Gasteiger partial charge in [-0.3, -0.25) is 0 Å². The SMILES string of the molecule is CS(=O)(=O)C1(Br)CC1. The number of hydrogen-bond donors (Lipinski definition) is 0. The van der Waals surface area contributed by atoms with Crippen LogP contribution in [-0.4, -0.2) is 18.3 Å². The molecule has 0 saturated heterocycles. The number of halogens is 1. The molecule has 0 unspecified atom stereocenters. The van der Waals surface area contributed by atoms with Crippen LogP contribution < -0.4 is 0 Å². The Morgan fingerprint density at radius 1 is 1.50 bits per heavy atom. The van der Waals surface area contributed by atoms with Crippen molar-refractivity contribution in [2.24, 2.45) is 0 Å². The van der Waals surface area contributed by atoms with Crippen molar-refractivity contribution >= 4 is 25.8 Å². The normalized spacial score (nSPS) is 25.2. The Morgan fingerprint density at radius 2 is 1.88 bits per heavy atom. The zero-order valence-corrected chi connectivity index (χ0v) is 6.92. The van der Waals surface area contributed by atoms with Crippen molar-refractivity contribution in [2.75, 3.05) is 6.26 Å². The zero-order valence-electron chi connectivity index (χ0n) is 4.52. The molecule has 0 N–H and O–H groups in total. The van der Waals surface area contributed by atoms with Gasteiger partial charge in [-0.15, -0.1) is 0 Å². The van der Waals surface area contributed by atoms with Crippen molar-refractivity contribution < 1.29 is 8.42 Å². The lowest BCUT2D eigenvalue weighted by Crippen LogP contribution is -2.12. The van der Waals surface area contributed by atoms with Crippen LogP contribution in [0.15, 0.2) is 0 Å². The van der Waals surface area contributed by atoms with Crippen LogP contribution in [0.25, 0.3) is 0 Å². The molecule has 0 aromatic heterocycles. The highest BCUT2D eigenvalue weighted by atomic mass is 79.9. The third-order valence-electron chi connectivity index (χ3n) is 1.31.